The molecule has 11 atom stereocenters. The monoisotopic (exact) mass is 964 g/mol. The number of urea groups is 1. The topological polar surface area (TPSA) is 144 Å². The molecular weight excluding hydrogens is 871 g/mol. The molecular formula is C53H93N3O10S. The molecule has 0 spiro atoms. The average Bonchev–Trinajstić information content (AvgIpc) is 3.99. The molecule has 6 rings (SSSR count). The minimum atomic E-state index is -0.0549. The van der Waals surface area contributed by atoms with Crippen molar-refractivity contribution in [1.82, 2.24) is 16.0 Å². The summed E-state index contributed by atoms with van der Waals surface area (Å²) in [5.41, 5.74) is 2.62. The Labute approximate surface area is 409 Å². The van der Waals surface area contributed by atoms with E-state index in [9.17, 15) is 9.59 Å². The summed E-state index contributed by atoms with van der Waals surface area (Å²) < 4.78 is 45.8. The van der Waals surface area contributed by atoms with Crippen LogP contribution in [0.1, 0.15) is 131 Å². The fraction of sp³-hybridized carbons (Fsp3) is 0.925. The van der Waals surface area contributed by atoms with Gasteiger partial charge in [-0.05, 0) is 111 Å². The van der Waals surface area contributed by atoms with Crippen molar-refractivity contribution in [1.29, 1.82) is 0 Å². The van der Waals surface area contributed by atoms with Crippen molar-refractivity contribution in [2.24, 2.45) is 46.3 Å². The Morgan fingerprint density at radius 3 is 2.00 bits per heavy atom. The number of rotatable bonds is 35. The summed E-state index contributed by atoms with van der Waals surface area (Å²) >= 11 is 1.91. The molecule has 0 radical (unpaired) electrons. The highest BCUT2D eigenvalue weighted by Crippen LogP contribution is 2.67. The van der Waals surface area contributed by atoms with E-state index in [1.807, 2.05) is 11.8 Å². The molecule has 0 unspecified atom stereocenters. The molecule has 13 nitrogen and oxygen atoms in total. The van der Waals surface area contributed by atoms with Crippen LogP contribution in [-0.4, -0.2) is 147 Å². The molecule has 5 fully saturated rings. The maximum Gasteiger partial charge on any atom is 0.315 e. The molecule has 0 aromatic heterocycles. The zero-order valence-electron chi connectivity index (χ0n) is 42.5. The van der Waals surface area contributed by atoms with Crippen LogP contribution < -0.4 is 16.0 Å². The fourth-order valence-electron chi connectivity index (χ4n) is 13.1. The molecule has 3 N–H and O–H groups in total. The van der Waals surface area contributed by atoms with Crippen LogP contribution in [0.5, 0.6) is 0 Å². The number of thioether (sulfide) groups is 1. The Hall–Kier alpha value is -1.49. The lowest BCUT2D eigenvalue weighted by Gasteiger charge is -2.58. The van der Waals surface area contributed by atoms with Crippen molar-refractivity contribution in [2.45, 2.75) is 154 Å². The van der Waals surface area contributed by atoms with Gasteiger partial charge in [0, 0.05) is 24.0 Å². The van der Waals surface area contributed by atoms with Gasteiger partial charge in [0.25, 0.3) is 0 Å². The summed E-state index contributed by atoms with van der Waals surface area (Å²) in [6, 6.07) is 0.419. The Bertz CT molecular complexity index is 1480. The van der Waals surface area contributed by atoms with Gasteiger partial charge in [-0.15, -0.1) is 0 Å². The maximum absolute atomic E-state index is 12.1. The number of carbonyl (C=O) groups is 2. The number of carbonyl (C=O) groups excluding carboxylic acids is 2. The van der Waals surface area contributed by atoms with Crippen molar-refractivity contribution >= 4 is 23.7 Å². The van der Waals surface area contributed by atoms with E-state index in [0.29, 0.717) is 134 Å². The highest BCUT2D eigenvalue weighted by atomic mass is 32.2. The molecule has 3 saturated carbocycles. The van der Waals surface area contributed by atoms with Crippen LogP contribution in [0, 0.1) is 46.3 Å². The molecule has 67 heavy (non-hydrogen) atoms. The molecule has 3 amide bonds. The number of nitrogens with one attached hydrogen (secondary N) is 3. The van der Waals surface area contributed by atoms with E-state index in [1.54, 1.807) is 5.57 Å². The van der Waals surface area contributed by atoms with Crippen LogP contribution >= 0.6 is 11.8 Å². The molecule has 2 saturated heterocycles. The first-order valence-electron chi connectivity index (χ1n) is 26.9. The minimum Gasteiger partial charge on any atom is -0.377 e. The molecule has 14 heteroatoms. The van der Waals surface area contributed by atoms with Crippen molar-refractivity contribution in [3.8, 4) is 0 Å². The smallest absolute Gasteiger partial charge is 0.315 e. The fourth-order valence-corrected chi connectivity index (χ4v) is 14.7. The van der Waals surface area contributed by atoms with E-state index in [1.165, 1.54) is 64.2 Å². The Morgan fingerprint density at radius 2 is 1.36 bits per heavy atom. The number of amides is 3. The zero-order chi connectivity index (χ0) is 47.3. The summed E-state index contributed by atoms with van der Waals surface area (Å²) in [5.74, 6) is 6.28. The molecule has 0 aromatic carbocycles. The van der Waals surface area contributed by atoms with Crippen molar-refractivity contribution in [3.63, 3.8) is 0 Å². The Morgan fingerprint density at radius 1 is 0.731 bits per heavy atom. The zero-order valence-corrected chi connectivity index (χ0v) is 43.3. The summed E-state index contributed by atoms with van der Waals surface area (Å²) in [4.78, 5) is 23.6. The molecule has 0 aromatic rings. The van der Waals surface area contributed by atoms with Gasteiger partial charge in [-0.3, -0.25) is 4.79 Å². The number of fused-ring (bicyclic) bond motifs is 6. The highest BCUT2D eigenvalue weighted by molar-refractivity contribution is 8.00. The summed E-state index contributed by atoms with van der Waals surface area (Å²) in [6.45, 7) is 21.0. The van der Waals surface area contributed by atoms with Crippen LogP contribution in [0.3, 0.4) is 0 Å². The highest BCUT2D eigenvalue weighted by Gasteiger charge is 2.59. The molecule has 2 aliphatic heterocycles. The van der Waals surface area contributed by atoms with Gasteiger partial charge < -0.3 is 53.8 Å². The third kappa shape index (κ3) is 16.8. The third-order valence-corrected chi connectivity index (χ3v) is 18.2. The lowest BCUT2D eigenvalue weighted by molar-refractivity contribution is -0.121. The van der Waals surface area contributed by atoms with Crippen molar-refractivity contribution in [2.75, 3.05) is 111 Å². The van der Waals surface area contributed by atoms with E-state index in [2.05, 4.69) is 56.6 Å². The predicted octanol–water partition coefficient (Wildman–Crippen LogP) is 8.37. The van der Waals surface area contributed by atoms with Crippen molar-refractivity contribution < 1.29 is 47.5 Å². The van der Waals surface area contributed by atoms with E-state index in [4.69, 9.17) is 37.9 Å². The normalized spacial score (nSPS) is 31.4. The number of ether oxygens (including phenoxy) is 8. The maximum atomic E-state index is 12.1. The second-order valence-electron chi connectivity index (χ2n) is 21.5. The van der Waals surface area contributed by atoms with Crippen LogP contribution in [0.4, 0.5) is 4.79 Å². The van der Waals surface area contributed by atoms with Gasteiger partial charge in [-0.2, -0.15) is 11.8 Å². The average molecular weight is 964 g/mol. The molecule has 2 heterocycles. The van der Waals surface area contributed by atoms with E-state index < -0.39 is 0 Å². The Kier molecular flexibility index (Phi) is 23.8. The standard InChI is InChI=1S/C53H93N3O10S/c1-39(2)9-8-10-40(3)44-15-16-45-43-14-13-41-37-42(17-19-52(41,4)46(43)18-20-53(44,45)5)66-36-35-65-34-33-64-32-31-63-30-29-62-28-27-61-26-25-60-24-23-59-22-21-54-49(57)12-7-6-11-48-50-47(38-67-48)55-51(58)56-50/h13,39-40,42-48,50H,6-12,14-38H2,1-5H3,(H,54,57)(H2,55,56,58)/t40-,42-,43+,44-,45+,46+,47+,48+,50+,52+,53-/m1/s1. The summed E-state index contributed by atoms with van der Waals surface area (Å²) in [5, 5.41) is 9.34. The second kappa shape index (κ2) is 29.1. The SMILES string of the molecule is CC(C)CCC[C@@H](C)[C@H]1CC[C@H]2[C@@H]3CC=C4C[C@H](OCCOCCOCCOCCOCCOCCOCCOCCNC(=O)CCCC[C@@H]5SC[C@@H]6NC(=O)N[C@@H]65)CC[C@]4(C)[C@H]3CC[C@]12C. The number of allylic oxidation sites excluding steroid dienone is 1. The van der Waals surface area contributed by atoms with Gasteiger partial charge in [0.2, 0.25) is 5.91 Å². The van der Waals surface area contributed by atoms with Gasteiger partial charge in [0.15, 0.2) is 0 Å². The first-order chi connectivity index (χ1) is 32.6. The lowest BCUT2D eigenvalue weighted by atomic mass is 9.47. The van der Waals surface area contributed by atoms with E-state index in [0.717, 1.165) is 66.9 Å². The third-order valence-electron chi connectivity index (χ3n) is 16.7. The first kappa shape index (κ1) is 54.8. The van der Waals surface area contributed by atoms with Crippen LogP contribution in [0.2, 0.25) is 0 Å². The Balaban J connectivity index is 0.653. The van der Waals surface area contributed by atoms with E-state index >= 15 is 0 Å². The lowest BCUT2D eigenvalue weighted by Crippen LogP contribution is -2.51. The first-order valence-corrected chi connectivity index (χ1v) is 27.9. The van der Waals surface area contributed by atoms with Crippen LogP contribution in [-0.2, 0) is 42.7 Å². The van der Waals surface area contributed by atoms with Gasteiger partial charge >= 0.3 is 6.03 Å². The molecule has 6 aliphatic rings. The van der Waals surface area contributed by atoms with Crippen LogP contribution in [0.25, 0.3) is 0 Å². The van der Waals surface area contributed by atoms with Gasteiger partial charge in [0.05, 0.1) is 117 Å². The number of hydrogen-bond donors (Lipinski definition) is 3. The van der Waals surface area contributed by atoms with Gasteiger partial charge in [-0.25, -0.2) is 4.79 Å². The minimum absolute atomic E-state index is 0.0521. The van der Waals surface area contributed by atoms with Gasteiger partial charge in [0.1, 0.15) is 0 Å². The largest absolute Gasteiger partial charge is 0.377 e. The van der Waals surface area contributed by atoms with E-state index in [-0.39, 0.29) is 24.0 Å². The van der Waals surface area contributed by atoms with Crippen molar-refractivity contribution in [3.05, 3.63) is 11.6 Å². The van der Waals surface area contributed by atoms with Gasteiger partial charge in [-0.1, -0.05) is 72.0 Å². The number of unbranched alkanes of at least 4 members (excludes halogenated alkanes) is 1. The summed E-state index contributed by atoms with van der Waals surface area (Å²) in [7, 11) is 0. The summed E-state index contributed by atoms with van der Waals surface area (Å²) in [6.07, 6.45) is 21.2. The van der Waals surface area contributed by atoms with Crippen LogP contribution in [0.15, 0.2) is 11.6 Å². The number of hydrogen-bond acceptors (Lipinski definition) is 11. The second-order valence-corrected chi connectivity index (χ2v) is 22.8. The molecule has 386 valence electrons. The quantitative estimate of drug-likeness (QED) is 0.0320. The predicted molar refractivity (Wildman–Crippen MR) is 265 cm³/mol. The molecule has 0 bridgehead atoms. The molecule has 4 aliphatic carbocycles.